The van der Waals surface area contributed by atoms with Crippen LogP contribution in [-0.4, -0.2) is 7.11 Å². The van der Waals surface area contributed by atoms with Crippen molar-refractivity contribution in [2.45, 2.75) is 39.0 Å². The largest absolute Gasteiger partial charge is 0.497 e. The van der Waals surface area contributed by atoms with Gasteiger partial charge >= 0.3 is 0 Å². The molecule has 2 atom stereocenters. The third kappa shape index (κ3) is 1.72. The lowest BCUT2D eigenvalue weighted by molar-refractivity contribution is 0.294. The number of benzene rings is 1. The highest BCUT2D eigenvalue weighted by Gasteiger charge is 2.46. The van der Waals surface area contributed by atoms with Crippen LogP contribution in [0.1, 0.15) is 43.7 Å². The van der Waals surface area contributed by atoms with Gasteiger partial charge in [0, 0.05) is 5.41 Å². The minimum absolute atomic E-state index is 0.0809. The Morgan fingerprint density at radius 2 is 2.09 bits per heavy atom. The molecule has 3 aliphatic rings. The first-order valence-corrected chi connectivity index (χ1v) is 8.17. The van der Waals surface area contributed by atoms with Crippen LogP contribution >= 0.6 is 0 Å². The fourth-order valence-corrected chi connectivity index (χ4v) is 4.63. The fraction of sp³-hybridized carbons (Fsp3) is 0.450. The number of fused-ring (bicyclic) bond motifs is 4. The van der Waals surface area contributed by atoms with Crippen molar-refractivity contribution in [3.05, 3.63) is 46.5 Å². The highest BCUT2D eigenvalue weighted by molar-refractivity contribution is 5.79. The first-order valence-electron chi connectivity index (χ1n) is 8.17. The highest BCUT2D eigenvalue weighted by Crippen LogP contribution is 2.57. The number of rotatable bonds is 1. The average Bonchev–Trinajstić information content (AvgIpc) is 2.90. The van der Waals surface area contributed by atoms with Gasteiger partial charge in [0.25, 0.3) is 0 Å². The van der Waals surface area contributed by atoms with E-state index in [4.69, 9.17) is 4.74 Å². The minimum atomic E-state index is 0.0809. The summed E-state index contributed by atoms with van der Waals surface area (Å²) in [5, 5.41) is 9.47. The molecule has 0 spiro atoms. The van der Waals surface area contributed by atoms with Gasteiger partial charge in [-0.2, -0.15) is 5.26 Å². The van der Waals surface area contributed by atoms with E-state index in [1.807, 2.05) is 0 Å². The molecule has 0 amide bonds. The molecule has 0 aliphatic heterocycles. The molecule has 0 heterocycles. The molecular formula is C20H21NO. The maximum atomic E-state index is 9.47. The summed E-state index contributed by atoms with van der Waals surface area (Å²) in [4.78, 5) is 0. The summed E-state index contributed by atoms with van der Waals surface area (Å²) in [5.74, 6) is 1.11. The molecule has 112 valence electrons. The lowest BCUT2D eigenvalue weighted by Gasteiger charge is -2.40. The number of nitrogens with zero attached hydrogens (tertiary/aromatic N) is 1. The molecule has 3 aliphatic carbocycles. The Kier molecular flexibility index (Phi) is 2.94. The van der Waals surface area contributed by atoms with Gasteiger partial charge in [0.05, 0.1) is 19.1 Å². The highest BCUT2D eigenvalue weighted by atomic mass is 16.5. The Labute approximate surface area is 132 Å². The topological polar surface area (TPSA) is 33.0 Å². The Hall–Kier alpha value is -2.01. The first kappa shape index (κ1) is 13.6. The number of allylic oxidation sites excluding steroid dienone is 4. The van der Waals surface area contributed by atoms with Crippen LogP contribution in [0, 0.1) is 22.7 Å². The maximum Gasteiger partial charge on any atom is 0.119 e. The van der Waals surface area contributed by atoms with E-state index in [9.17, 15) is 5.26 Å². The van der Waals surface area contributed by atoms with Crippen LogP contribution < -0.4 is 4.74 Å². The summed E-state index contributed by atoms with van der Waals surface area (Å²) < 4.78 is 5.37. The predicted molar refractivity (Wildman–Crippen MR) is 87.4 cm³/mol. The number of aryl methyl sites for hydroxylation is 1. The number of nitriles is 1. The summed E-state index contributed by atoms with van der Waals surface area (Å²) in [6.45, 7) is 2.30. The van der Waals surface area contributed by atoms with E-state index in [-0.39, 0.29) is 11.3 Å². The Morgan fingerprint density at radius 1 is 1.23 bits per heavy atom. The molecule has 2 heteroatoms. The van der Waals surface area contributed by atoms with Gasteiger partial charge in [0.15, 0.2) is 0 Å². The SMILES string of the molecule is COc1ccc2c(c1)CCC1=C2CC[C@@]2(C)C1=CC[C@@H]2C#N. The predicted octanol–water partition coefficient (Wildman–Crippen LogP) is 4.66. The van der Waals surface area contributed by atoms with E-state index < -0.39 is 0 Å². The second-order valence-corrected chi connectivity index (χ2v) is 6.93. The summed E-state index contributed by atoms with van der Waals surface area (Å²) in [7, 11) is 1.73. The number of ether oxygens (including phenoxy) is 1. The van der Waals surface area contributed by atoms with E-state index in [0.717, 1.165) is 37.9 Å². The lowest BCUT2D eigenvalue weighted by atomic mass is 9.63. The van der Waals surface area contributed by atoms with Crippen molar-refractivity contribution >= 4 is 5.57 Å². The van der Waals surface area contributed by atoms with Gasteiger partial charge < -0.3 is 4.74 Å². The molecule has 0 N–H and O–H groups in total. The average molecular weight is 291 g/mol. The van der Waals surface area contributed by atoms with Crippen LogP contribution in [0.5, 0.6) is 5.75 Å². The Balaban J connectivity index is 1.82. The quantitative estimate of drug-likeness (QED) is 0.753. The molecule has 2 nitrogen and oxygen atoms in total. The molecule has 1 aromatic rings. The molecule has 0 saturated carbocycles. The maximum absolute atomic E-state index is 9.47. The third-order valence-electron chi connectivity index (χ3n) is 5.96. The van der Waals surface area contributed by atoms with Crippen LogP contribution in [0.25, 0.3) is 5.57 Å². The van der Waals surface area contributed by atoms with Gasteiger partial charge in [-0.3, -0.25) is 0 Å². The Morgan fingerprint density at radius 3 is 2.86 bits per heavy atom. The van der Waals surface area contributed by atoms with Crippen LogP contribution in [0.3, 0.4) is 0 Å². The van der Waals surface area contributed by atoms with Gasteiger partial charge in [-0.15, -0.1) is 0 Å². The summed E-state index contributed by atoms with van der Waals surface area (Å²) in [5.41, 5.74) is 7.43. The van der Waals surface area contributed by atoms with E-state index in [2.05, 4.69) is 37.3 Å². The smallest absolute Gasteiger partial charge is 0.119 e. The molecule has 0 unspecified atom stereocenters. The van der Waals surface area contributed by atoms with E-state index >= 15 is 0 Å². The van der Waals surface area contributed by atoms with Crippen molar-refractivity contribution in [1.82, 2.24) is 0 Å². The van der Waals surface area contributed by atoms with E-state index in [0.29, 0.717) is 0 Å². The van der Waals surface area contributed by atoms with Crippen LogP contribution in [0.4, 0.5) is 0 Å². The van der Waals surface area contributed by atoms with Crippen molar-refractivity contribution < 1.29 is 4.74 Å². The third-order valence-corrected chi connectivity index (χ3v) is 5.96. The van der Waals surface area contributed by atoms with Gasteiger partial charge in [-0.1, -0.05) is 19.1 Å². The second kappa shape index (κ2) is 4.74. The molecular weight excluding hydrogens is 270 g/mol. The van der Waals surface area contributed by atoms with Gasteiger partial charge in [-0.25, -0.2) is 0 Å². The molecule has 0 bridgehead atoms. The standard InChI is InChI=1S/C20H21NO/c1-20-10-9-17-16-7-5-15(22-2)11-13(16)3-6-18(17)19(20)8-4-14(20)12-21/h5,7-8,11,14H,3-4,6,9-10H2,1-2H3/t14-,20-/m1/s1. The molecule has 22 heavy (non-hydrogen) atoms. The van der Waals surface area contributed by atoms with E-state index in [1.54, 1.807) is 7.11 Å². The zero-order chi connectivity index (χ0) is 15.3. The number of hydrogen-bond acceptors (Lipinski definition) is 2. The minimum Gasteiger partial charge on any atom is -0.497 e. The molecule has 4 rings (SSSR count). The van der Waals surface area contributed by atoms with Crippen molar-refractivity contribution in [2.24, 2.45) is 11.3 Å². The summed E-state index contributed by atoms with van der Waals surface area (Å²) >= 11 is 0. The van der Waals surface area contributed by atoms with E-state index in [1.165, 1.54) is 27.8 Å². The van der Waals surface area contributed by atoms with Crippen molar-refractivity contribution in [3.63, 3.8) is 0 Å². The zero-order valence-corrected chi connectivity index (χ0v) is 13.3. The van der Waals surface area contributed by atoms with Crippen molar-refractivity contribution in [3.8, 4) is 11.8 Å². The van der Waals surface area contributed by atoms with Gasteiger partial charge in [-0.05, 0) is 72.1 Å². The molecule has 1 aromatic carbocycles. The molecule has 0 saturated heterocycles. The Bertz CT molecular complexity index is 749. The van der Waals surface area contributed by atoms with Gasteiger partial charge in [0.2, 0.25) is 0 Å². The van der Waals surface area contributed by atoms with Crippen molar-refractivity contribution in [2.75, 3.05) is 7.11 Å². The number of hydrogen-bond donors (Lipinski definition) is 0. The van der Waals surface area contributed by atoms with Crippen molar-refractivity contribution in [1.29, 1.82) is 5.26 Å². The normalized spacial score (nSPS) is 29.1. The van der Waals surface area contributed by atoms with Crippen LogP contribution in [0.15, 0.2) is 35.4 Å². The lowest BCUT2D eigenvalue weighted by Crippen LogP contribution is -2.29. The monoisotopic (exact) mass is 291 g/mol. The second-order valence-electron chi connectivity index (χ2n) is 6.93. The first-order chi connectivity index (χ1) is 10.7. The molecule has 0 radical (unpaired) electrons. The zero-order valence-electron chi connectivity index (χ0n) is 13.3. The van der Waals surface area contributed by atoms with Crippen LogP contribution in [0.2, 0.25) is 0 Å². The fourth-order valence-electron chi connectivity index (χ4n) is 4.63. The summed E-state index contributed by atoms with van der Waals surface area (Å²) in [6.07, 6.45) is 7.65. The number of methoxy groups -OCH3 is 1. The summed E-state index contributed by atoms with van der Waals surface area (Å²) in [6, 6.07) is 9.03. The molecule has 0 aromatic heterocycles. The van der Waals surface area contributed by atoms with Gasteiger partial charge in [0.1, 0.15) is 5.75 Å². The van der Waals surface area contributed by atoms with Crippen LogP contribution in [-0.2, 0) is 6.42 Å². The molecule has 0 fully saturated rings.